The van der Waals surface area contributed by atoms with Crippen molar-refractivity contribution in [3.8, 4) is 0 Å². The number of carbonyl (C=O) groups excluding carboxylic acids is 2. The molecule has 2 aromatic carbocycles. The molecular formula is C21H17F2N5O4. The molecule has 11 heteroatoms. The van der Waals surface area contributed by atoms with Gasteiger partial charge in [-0.15, -0.1) is 0 Å². The lowest BCUT2D eigenvalue weighted by Gasteiger charge is -2.19. The normalized spacial score (nSPS) is 15.8. The van der Waals surface area contributed by atoms with Crippen molar-refractivity contribution in [1.82, 2.24) is 9.55 Å². The number of aromatic nitrogens is 2. The molecule has 9 nitrogen and oxygen atoms in total. The van der Waals surface area contributed by atoms with E-state index in [2.05, 4.69) is 10.3 Å². The number of benzene rings is 2. The van der Waals surface area contributed by atoms with E-state index in [1.165, 1.54) is 29.0 Å². The van der Waals surface area contributed by atoms with Gasteiger partial charge < -0.3 is 14.8 Å². The van der Waals surface area contributed by atoms with Gasteiger partial charge in [-0.3, -0.25) is 19.7 Å². The smallest absolute Gasteiger partial charge is 0.293 e. The monoisotopic (exact) mass is 441 g/mol. The molecule has 1 amide bonds. The number of anilines is 2. The minimum absolute atomic E-state index is 0.0144. The van der Waals surface area contributed by atoms with Gasteiger partial charge in [0.1, 0.15) is 29.1 Å². The molecule has 1 N–H and O–H groups in total. The van der Waals surface area contributed by atoms with Gasteiger partial charge in [-0.05, 0) is 30.7 Å². The van der Waals surface area contributed by atoms with Gasteiger partial charge in [-0.2, -0.15) is 0 Å². The molecule has 1 atom stereocenters. The van der Waals surface area contributed by atoms with Crippen LogP contribution >= 0.6 is 0 Å². The zero-order valence-electron chi connectivity index (χ0n) is 16.8. The quantitative estimate of drug-likeness (QED) is 0.358. The summed E-state index contributed by atoms with van der Waals surface area (Å²) in [7, 11) is 1.63. The molecule has 1 unspecified atom stereocenters. The Balaban J connectivity index is 1.59. The third-order valence-corrected chi connectivity index (χ3v) is 5.22. The van der Waals surface area contributed by atoms with Gasteiger partial charge in [0.2, 0.25) is 11.7 Å². The van der Waals surface area contributed by atoms with E-state index in [0.29, 0.717) is 0 Å². The first-order valence-electron chi connectivity index (χ1n) is 9.60. The number of nitrogens with zero attached hydrogens (tertiary/aromatic N) is 4. The Labute approximate surface area is 180 Å². The molecule has 1 aliphatic rings. The van der Waals surface area contributed by atoms with E-state index in [1.54, 1.807) is 13.2 Å². The summed E-state index contributed by atoms with van der Waals surface area (Å²) >= 11 is 0. The standard InChI is InChI=1S/C21H17F2N5O4/c1-26-10-8-24-20(26)19(29)12-5-6-15(17(11-12)28(31)32)25-16-7-9-27(21(16)30)18-13(22)3-2-4-14(18)23/h2-6,8,10-11,16,25H,7,9H2,1H3. The van der Waals surface area contributed by atoms with E-state index in [-0.39, 0.29) is 30.0 Å². The Kier molecular flexibility index (Phi) is 5.39. The van der Waals surface area contributed by atoms with Crippen LogP contribution in [0.15, 0.2) is 48.8 Å². The van der Waals surface area contributed by atoms with Gasteiger partial charge >= 0.3 is 0 Å². The van der Waals surface area contributed by atoms with Crippen LogP contribution in [0.5, 0.6) is 0 Å². The van der Waals surface area contributed by atoms with Gasteiger partial charge in [-0.1, -0.05) is 6.07 Å². The summed E-state index contributed by atoms with van der Waals surface area (Å²) < 4.78 is 29.7. The second-order valence-electron chi connectivity index (χ2n) is 7.23. The number of nitrogens with one attached hydrogen (secondary N) is 1. The maximum atomic E-state index is 14.1. The van der Waals surface area contributed by atoms with Gasteiger partial charge in [0.25, 0.3) is 5.69 Å². The molecule has 0 radical (unpaired) electrons. The number of carbonyl (C=O) groups is 2. The lowest BCUT2D eigenvalue weighted by atomic mass is 10.1. The number of halogens is 2. The maximum absolute atomic E-state index is 14.1. The van der Waals surface area contributed by atoms with Crippen LogP contribution in [-0.4, -0.2) is 38.8 Å². The van der Waals surface area contributed by atoms with E-state index >= 15 is 0 Å². The SMILES string of the molecule is Cn1ccnc1C(=O)c1ccc(NC2CCN(c3c(F)cccc3F)C2=O)c([N+](=O)[O-])c1. The molecule has 0 aliphatic carbocycles. The molecule has 2 heterocycles. The van der Waals surface area contributed by atoms with Crippen molar-refractivity contribution in [2.24, 2.45) is 7.05 Å². The number of amides is 1. The van der Waals surface area contributed by atoms with Crippen LogP contribution in [0.4, 0.5) is 25.8 Å². The second kappa shape index (κ2) is 8.17. The van der Waals surface area contributed by atoms with Crippen LogP contribution in [-0.2, 0) is 11.8 Å². The number of hydrogen-bond acceptors (Lipinski definition) is 6. The van der Waals surface area contributed by atoms with Crippen molar-refractivity contribution in [1.29, 1.82) is 0 Å². The first kappa shape index (κ1) is 21.1. The number of para-hydroxylation sites is 1. The minimum atomic E-state index is -0.927. The van der Waals surface area contributed by atoms with E-state index in [1.807, 2.05) is 0 Å². The van der Waals surface area contributed by atoms with Crippen LogP contribution in [0.3, 0.4) is 0 Å². The summed E-state index contributed by atoms with van der Waals surface area (Å²) in [5, 5.41) is 14.4. The number of imidazole rings is 1. The predicted molar refractivity (Wildman–Crippen MR) is 110 cm³/mol. The molecule has 0 saturated carbocycles. The molecule has 164 valence electrons. The average molecular weight is 441 g/mol. The summed E-state index contributed by atoms with van der Waals surface area (Å²) in [4.78, 5) is 41.2. The Morgan fingerprint density at radius 1 is 1.25 bits per heavy atom. The van der Waals surface area contributed by atoms with Crippen molar-refractivity contribution in [2.45, 2.75) is 12.5 Å². The van der Waals surface area contributed by atoms with Crippen LogP contribution < -0.4 is 10.2 Å². The summed E-state index contributed by atoms with van der Waals surface area (Å²) in [6.07, 6.45) is 3.19. The van der Waals surface area contributed by atoms with Crippen LogP contribution in [0.25, 0.3) is 0 Å². The Hall–Kier alpha value is -4.15. The lowest BCUT2D eigenvalue weighted by Crippen LogP contribution is -2.34. The zero-order chi connectivity index (χ0) is 23.0. The molecule has 3 aromatic rings. The number of hydrogen-bond donors (Lipinski definition) is 1. The molecule has 4 rings (SSSR count). The third-order valence-electron chi connectivity index (χ3n) is 5.22. The fourth-order valence-electron chi connectivity index (χ4n) is 3.63. The Morgan fingerprint density at radius 3 is 2.59 bits per heavy atom. The zero-order valence-corrected chi connectivity index (χ0v) is 16.8. The number of nitro benzene ring substituents is 1. The molecule has 1 fully saturated rings. The van der Waals surface area contributed by atoms with Gasteiger partial charge in [-0.25, -0.2) is 13.8 Å². The van der Waals surface area contributed by atoms with Crippen LogP contribution in [0, 0.1) is 21.7 Å². The maximum Gasteiger partial charge on any atom is 0.293 e. The first-order valence-corrected chi connectivity index (χ1v) is 9.60. The predicted octanol–water partition coefficient (Wildman–Crippen LogP) is 3.05. The highest BCUT2D eigenvalue weighted by atomic mass is 19.1. The molecule has 0 spiro atoms. The summed E-state index contributed by atoms with van der Waals surface area (Å²) in [6, 6.07) is 6.19. The molecule has 1 aliphatic heterocycles. The number of ketones is 1. The third kappa shape index (κ3) is 3.68. The number of aryl methyl sites for hydroxylation is 1. The average Bonchev–Trinajstić information content (AvgIpc) is 3.34. The lowest BCUT2D eigenvalue weighted by molar-refractivity contribution is -0.384. The summed E-state index contributed by atoms with van der Waals surface area (Å²) in [5.41, 5.74) is -0.786. The van der Waals surface area contributed by atoms with Crippen molar-refractivity contribution < 1.29 is 23.3 Å². The highest BCUT2D eigenvalue weighted by Gasteiger charge is 2.36. The molecule has 1 saturated heterocycles. The number of nitro groups is 1. The van der Waals surface area contributed by atoms with E-state index < -0.39 is 45.7 Å². The number of rotatable bonds is 6. The summed E-state index contributed by atoms with van der Waals surface area (Å²) in [6.45, 7) is 0.0396. The van der Waals surface area contributed by atoms with Crippen LogP contribution in [0.1, 0.15) is 22.6 Å². The van der Waals surface area contributed by atoms with Crippen molar-refractivity contribution in [3.05, 3.63) is 81.9 Å². The van der Waals surface area contributed by atoms with E-state index in [9.17, 15) is 28.5 Å². The van der Waals surface area contributed by atoms with Crippen molar-refractivity contribution in [3.63, 3.8) is 0 Å². The fraction of sp³-hybridized carbons (Fsp3) is 0.190. The Bertz CT molecular complexity index is 1220. The molecular weight excluding hydrogens is 424 g/mol. The highest BCUT2D eigenvalue weighted by Crippen LogP contribution is 2.32. The van der Waals surface area contributed by atoms with Gasteiger partial charge in [0.05, 0.1) is 4.92 Å². The largest absolute Gasteiger partial charge is 0.368 e. The molecule has 32 heavy (non-hydrogen) atoms. The summed E-state index contributed by atoms with van der Waals surface area (Å²) in [5.74, 6) is -2.74. The highest BCUT2D eigenvalue weighted by molar-refractivity contribution is 6.07. The topological polar surface area (TPSA) is 110 Å². The van der Waals surface area contributed by atoms with E-state index in [4.69, 9.17) is 0 Å². The van der Waals surface area contributed by atoms with Gasteiger partial charge in [0.15, 0.2) is 5.82 Å². The van der Waals surface area contributed by atoms with Crippen molar-refractivity contribution in [2.75, 3.05) is 16.8 Å². The van der Waals surface area contributed by atoms with Crippen molar-refractivity contribution >= 4 is 28.8 Å². The second-order valence-corrected chi connectivity index (χ2v) is 7.23. The molecule has 1 aromatic heterocycles. The fourth-order valence-corrected chi connectivity index (χ4v) is 3.63. The van der Waals surface area contributed by atoms with E-state index in [0.717, 1.165) is 23.1 Å². The molecule has 0 bridgehead atoms. The van der Waals surface area contributed by atoms with Gasteiger partial charge in [0, 0.05) is 37.6 Å². The Morgan fingerprint density at radius 2 is 1.97 bits per heavy atom. The first-order chi connectivity index (χ1) is 15.3. The minimum Gasteiger partial charge on any atom is -0.368 e. The van der Waals surface area contributed by atoms with Crippen LogP contribution in [0.2, 0.25) is 0 Å².